The molecule has 7 nitrogen and oxygen atoms in total. The van der Waals surface area contributed by atoms with Crippen molar-refractivity contribution in [3.05, 3.63) is 51.0 Å². The molecule has 1 aliphatic heterocycles. The van der Waals surface area contributed by atoms with Crippen LogP contribution in [0.5, 0.6) is 0 Å². The van der Waals surface area contributed by atoms with Gasteiger partial charge in [-0.05, 0) is 30.3 Å². The number of furan rings is 1. The zero-order valence-electron chi connectivity index (χ0n) is 14.4. The van der Waals surface area contributed by atoms with Crippen LogP contribution in [0.15, 0.2) is 39.7 Å². The van der Waals surface area contributed by atoms with E-state index in [4.69, 9.17) is 45.6 Å². The zero-order chi connectivity index (χ0) is 21.3. The van der Waals surface area contributed by atoms with Gasteiger partial charge in [0, 0.05) is 16.7 Å². The first-order valence-corrected chi connectivity index (χ1v) is 9.99. The molecule has 1 unspecified atom stereocenters. The van der Waals surface area contributed by atoms with Gasteiger partial charge in [0.1, 0.15) is 21.9 Å². The smallest absolute Gasteiger partial charge is 0.327 e. The highest BCUT2D eigenvalue weighted by Crippen LogP contribution is 2.36. The lowest BCUT2D eigenvalue weighted by molar-refractivity contribution is -0.146. The van der Waals surface area contributed by atoms with Crippen molar-refractivity contribution in [1.82, 2.24) is 4.90 Å². The minimum atomic E-state index is -1.47. The molecule has 29 heavy (non-hydrogen) atoms. The van der Waals surface area contributed by atoms with Crippen LogP contribution in [-0.2, 0) is 14.4 Å². The van der Waals surface area contributed by atoms with E-state index < -0.39 is 30.2 Å². The lowest BCUT2D eigenvalue weighted by Gasteiger charge is -2.21. The molecule has 3 rings (SSSR count). The highest BCUT2D eigenvalue weighted by atomic mass is 35.5. The predicted molar refractivity (Wildman–Crippen MR) is 114 cm³/mol. The zero-order valence-corrected chi connectivity index (χ0v) is 17.6. The van der Waals surface area contributed by atoms with Crippen molar-refractivity contribution < 1.29 is 23.9 Å². The molecule has 11 heteroatoms. The number of nitrogens with zero attached hydrogens (tertiary/aromatic N) is 1. The Labute approximate surface area is 184 Å². The number of rotatable bonds is 6. The molecule has 1 aromatic carbocycles. The van der Waals surface area contributed by atoms with Gasteiger partial charge in [0.15, 0.2) is 0 Å². The Morgan fingerprint density at radius 2 is 2.03 bits per heavy atom. The summed E-state index contributed by atoms with van der Waals surface area (Å²) in [6.45, 7) is 0. The number of halogens is 2. The molecule has 2 amide bonds. The number of nitrogens with two attached hydrogens (primary N) is 1. The topological polar surface area (TPSA) is 114 Å². The minimum Gasteiger partial charge on any atom is -0.480 e. The number of carbonyl (C=O) groups is 3. The second-order valence-electron chi connectivity index (χ2n) is 5.90. The van der Waals surface area contributed by atoms with E-state index in [9.17, 15) is 19.5 Å². The van der Waals surface area contributed by atoms with Gasteiger partial charge in [0.2, 0.25) is 5.91 Å². The number of hydrogen-bond donors (Lipinski definition) is 2. The van der Waals surface area contributed by atoms with Crippen LogP contribution >= 0.6 is 47.2 Å². The summed E-state index contributed by atoms with van der Waals surface area (Å²) in [5, 5.41) is 10.3. The maximum atomic E-state index is 12.7. The quantitative estimate of drug-likeness (QED) is 0.487. The molecule has 1 aliphatic rings. The number of carbonyl (C=O) groups excluding carboxylic acids is 2. The Morgan fingerprint density at radius 3 is 2.69 bits per heavy atom. The third-order valence-electron chi connectivity index (χ3n) is 3.91. The maximum absolute atomic E-state index is 12.7. The SMILES string of the molecule is NC(=O)CC(C(=O)O)N1C(=O)/C(=C\c2ccc(-c3cc(Cl)ccc3Cl)o2)SC1=S. The first kappa shape index (κ1) is 21.4. The van der Waals surface area contributed by atoms with E-state index in [1.807, 2.05) is 0 Å². The third-order valence-corrected chi connectivity index (χ3v) is 5.80. The van der Waals surface area contributed by atoms with Gasteiger partial charge in [-0.2, -0.15) is 0 Å². The van der Waals surface area contributed by atoms with E-state index in [1.54, 1.807) is 30.3 Å². The summed E-state index contributed by atoms with van der Waals surface area (Å²) in [5.41, 5.74) is 5.67. The van der Waals surface area contributed by atoms with Crippen molar-refractivity contribution in [1.29, 1.82) is 0 Å². The first-order valence-electron chi connectivity index (χ1n) is 8.01. The third kappa shape index (κ3) is 4.64. The van der Waals surface area contributed by atoms with Crippen LogP contribution in [0.25, 0.3) is 17.4 Å². The molecule has 2 heterocycles. The van der Waals surface area contributed by atoms with Crippen molar-refractivity contribution in [2.75, 3.05) is 0 Å². The molecule has 150 valence electrons. The molecule has 1 saturated heterocycles. The number of primary amides is 1. The summed E-state index contributed by atoms with van der Waals surface area (Å²) >= 11 is 18.2. The Balaban J connectivity index is 1.88. The molecule has 1 atom stereocenters. The second-order valence-corrected chi connectivity index (χ2v) is 8.42. The standard InChI is InChI=1S/C18H12Cl2N2O5S2/c19-8-1-3-11(20)10(5-8)13-4-2-9(27-13)6-14-16(24)22(18(28)29-14)12(17(25)26)7-15(21)23/h1-6,12H,7H2,(H2,21,23)(H,25,26)/b14-6+. The first-order chi connectivity index (χ1) is 13.7. The average Bonchev–Trinajstić information content (AvgIpc) is 3.20. The average molecular weight is 471 g/mol. The summed E-state index contributed by atoms with van der Waals surface area (Å²) in [6, 6.07) is 6.75. The Bertz CT molecular complexity index is 1070. The highest BCUT2D eigenvalue weighted by molar-refractivity contribution is 8.26. The fraction of sp³-hybridized carbons (Fsp3) is 0.111. The molecule has 2 aromatic rings. The molecule has 0 saturated carbocycles. The summed E-state index contributed by atoms with van der Waals surface area (Å²) in [6.07, 6.45) is 0.887. The summed E-state index contributed by atoms with van der Waals surface area (Å²) in [4.78, 5) is 36.3. The molecule has 3 N–H and O–H groups in total. The number of thioether (sulfide) groups is 1. The normalized spacial score (nSPS) is 16.5. The van der Waals surface area contributed by atoms with Crippen LogP contribution in [-0.4, -0.2) is 38.2 Å². The van der Waals surface area contributed by atoms with Crippen LogP contribution in [0, 0.1) is 0 Å². The highest BCUT2D eigenvalue weighted by Gasteiger charge is 2.41. The van der Waals surface area contributed by atoms with Crippen molar-refractivity contribution in [3.63, 3.8) is 0 Å². The fourth-order valence-corrected chi connectivity index (χ4v) is 4.34. The molecule has 1 fully saturated rings. The van der Waals surface area contributed by atoms with Gasteiger partial charge in [0.05, 0.1) is 16.3 Å². The molecule has 1 aromatic heterocycles. The Hall–Kier alpha value is -2.33. The predicted octanol–water partition coefficient (Wildman–Crippen LogP) is 3.78. The summed E-state index contributed by atoms with van der Waals surface area (Å²) < 4.78 is 5.73. The fourth-order valence-electron chi connectivity index (χ4n) is 2.62. The van der Waals surface area contributed by atoms with Crippen LogP contribution in [0.3, 0.4) is 0 Å². The van der Waals surface area contributed by atoms with E-state index in [0.717, 1.165) is 16.7 Å². The van der Waals surface area contributed by atoms with Crippen LogP contribution in [0.4, 0.5) is 0 Å². The van der Waals surface area contributed by atoms with Gasteiger partial charge in [-0.15, -0.1) is 0 Å². The van der Waals surface area contributed by atoms with Crippen molar-refractivity contribution in [2.45, 2.75) is 12.5 Å². The van der Waals surface area contributed by atoms with Gasteiger partial charge >= 0.3 is 5.97 Å². The van der Waals surface area contributed by atoms with Crippen LogP contribution in [0.1, 0.15) is 12.2 Å². The molecular weight excluding hydrogens is 459 g/mol. The van der Waals surface area contributed by atoms with Crippen molar-refractivity contribution in [3.8, 4) is 11.3 Å². The molecule has 0 radical (unpaired) electrons. The number of carboxylic acid groups (broad SMARTS) is 1. The summed E-state index contributed by atoms with van der Waals surface area (Å²) in [7, 11) is 0. The number of hydrogen-bond acceptors (Lipinski definition) is 6. The van der Waals surface area contributed by atoms with Crippen molar-refractivity contribution >= 4 is 75.4 Å². The summed E-state index contributed by atoms with van der Waals surface area (Å²) in [5.74, 6) is -2.11. The monoisotopic (exact) mass is 470 g/mol. The number of carboxylic acids is 1. The Morgan fingerprint density at radius 1 is 1.31 bits per heavy atom. The lowest BCUT2D eigenvalue weighted by atomic mass is 10.1. The van der Waals surface area contributed by atoms with Crippen molar-refractivity contribution in [2.24, 2.45) is 5.73 Å². The van der Waals surface area contributed by atoms with E-state index in [2.05, 4.69) is 0 Å². The number of aliphatic carboxylic acids is 1. The van der Waals surface area contributed by atoms with Crippen LogP contribution < -0.4 is 5.73 Å². The lowest BCUT2D eigenvalue weighted by Crippen LogP contribution is -2.46. The van der Waals surface area contributed by atoms with Gasteiger partial charge in [0.25, 0.3) is 5.91 Å². The molecule has 0 spiro atoms. The number of amides is 2. The van der Waals surface area contributed by atoms with E-state index >= 15 is 0 Å². The Kier molecular flexibility index (Phi) is 6.33. The maximum Gasteiger partial charge on any atom is 0.327 e. The molecule has 0 aliphatic carbocycles. The second kappa shape index (κ2) is 8.58. The van der Waals surface area contributed by atoms with Gasteiger partial charge in [-0.25, -0.2) is 4.79 Å². The molecular formula is C18H12Cl2N2O5S2. The minimum absolute atomic E-state index is 0.0135. The van der Waals surface area contributed by atoms with Gasteiger partial charge in [-0.3, -0.25) is 14.5 Å². The molecule has 0 bridgehead atoms. The van der Waals surface area contributed by atoms with Gasteiger partial charge in [-0.1, -0.05) is 47.2 Å². The van der Waals surface area contributed by atoms with Crippen LogP contribution in [0.2, 0.25) is 10.0 Å². The number of benzene rings is 1. The number of thiocarbonyl (C=S) groups is 1. The van der Waals surface area contributed by atoms with E-state index in [1.165, 1.54) is 6.08 Å². The van der Waals surface area contributed by atoms with E-state index in [0.29, 0.717) is 27.1 Å². The van der Waals surface area contributed by atoms with E-state index in [-0.39, 0.29) is 9.23 Å². The largest absolute Gasteiger partial charge is 0.480 e. The van der Waals surface area contributed by atoms with Gasteiger partial charge < -0.3 is 15.3 Å².